The molecule has 1 heteroatoms. The fourth-order valence-corrected chi connectivity index (χ4v) is 3.44. The SMILES string of the molecule is O=C(\C1=C/C=C\C=C\CCCCCC1)\C1=C/C=C\C=C\CCCCCC1. The number of allylic oxidation sites excluding steroid dienone is 12. The minimum Gasteiger partial charge on any atom is -0.289 e. The smallest absolute Gasteiger partial charge is 0.184 e. The van der Waals surface area contributed by atoms with Crippen LogP contribution >= 0.6 is 0 Å². The topological polar surface area (TPSA) is 17.1 Å². The summed E-state index contributed by atoms with van der Waals surface area (Å²) in [5.74, 6) is 0.251. The lowest BCUT2D eigenvalue weighted by molar-refractivity contribution is -0.112. The molecule has 0 radical (unpaired) electrons. The summed E-state index contributed by atoms with van der Waals surface area (Å²) in [6, 6.07) is 0. The van der Waals surface area contributed by atoms with E-state index in [1.807, 2.05) is 24.3 Å². The third-order valence-corrected chi connectivity index (χ3v) is 5.03. The Balaban J connectivity index is 2.13. The number of ketones is 1. The van der Waals surface area contributed by atoms with Crippen molar-refractivity contribution in [1.29, 1.82) is 0 Å². The van der Waals surface area contributed by atoms with Gasteiger partial charge in [-0.15, -0.1) is 0 Å². The molecule has 0 aliphatic heterocycles. The molecule has 0 unspecified atom stereocenters. The zero-order chi connectivity index (χ0) is 18.3. The predicted molar refractivity (Wildman–Crippen MR) is 113 cm³/mol. The van der Waals surface area contributed by atoms with Crippen molar-refractivity contribution in [3.8, 4) is 0 Å². The van der Waals surface area contributed by atoms with Crippen LogP contribution in [0, 0.1) is 0 Å². The van der Waals surface area contributed by atoms with Crippen molar-refractivity contribution in [2.75, 3.05) is 0 Å². The van der Waals surface area contributed by atoms with Gasteiger partial charge in [-0.05, 0) is 62.5 Å². The molecule has 1 nitrogen and oxygen atoms in total. The Morgan fingerprint density at radius 3 is 1.50 bits per heavy atom. The van der Waals surface area contributed by atoms with E-state index in [0.29, 0.717) is 0 Å². The molecule has 0 amide bonds. The minimum absolute atomic E-state index is 0.251. The summed E-state index contributed by atoms with van der Waals surface area (Å²) >= 11 is 0. The summed E-state index contributed by atoms with van der Waals surface area (Å²) in [5, 5.41) is 0. The van der Waals surface area contributed by atoms with Gasteiger partial charge >= 0.3 is 0 Å². The van der Waals surface area contributed by atoms with E-state index >= 15 is 0 Å². The quantitative estimate of drug-likeness (QED) is 0.509. The first kappa shape index (κ1) is 20.4. The number of Topliss-reactive ketones (excluding diaryl/α,β-unsaturated/α-hetero) is 1. The highest BCUT2D eigenvalue weighted by Crippen LogP contribution is 2.21. The molecule has 0 spiro atoms. The molecule has 0 heterocycles. The molecule has 0 fully saturated rings. The van der Waals surface area contributed by atoms with Crippen LogP contribution in [-0.4, -0.2) is 5.78 Å². The number of rotatable bonds is 2. The Morgan fingerprint density at radius 2 is 1.00 bits per heavy atom. The van der Waals surface area contributed by atoms with Crippen LogP contribution in [0.1, 0.15) is 77.0 Å². The van der Waals surface area contributed by atoms with Gasteiger partial charge < -0.3 is 0 Å². The maximum absolute atomic E-state index is 13.1. The monoisotopic (exact) mass is 350 g/mol. The predicted octanol–water partition coefficient (Wildman–Crippen LogP) is 7.34. The van der Waals surface area contributed by atoms with Crippen LogP contribution in [0.3, 0.4) is 0 Å². The summed E-state index contributed by atoms with van der Waals surface area (Å²) in [5.41, 5.74) is 1.94. The Bertz CT molecular complexity index is 544. The van der Waals surface area contributed by atoms with Crippen LogP contribution in [0.2, 0.25) is 0 Å². The van der Waals surface area contributed by atoms with Gasteiger partial charge in [0.15, 0.2) is 5.78 Å². The standard InChI is InChI=1S/C25H34O/c26-25(23-19-15-11-7-3-1-4-8-12-16-20-23)24-21-17-13-9-5-2-6-10-14-18-22-24/h3,5,7,9,11,13,15,17,19,21H,1-2,4,6,8,10,12,14,16,18,20,22H2/b7-3+,9-5+,15-11-,17-13-,23-19-,24-21-. The van der Waals surface area contributed by atoms with Crippen molar-refractivity contribution >= 4 is 5.78 Å². The average Bonchev–Trinajstić information content (AvgIpc) is 2.62. The zero-order valence-electron chi connectivity index (χ0n) is 16.2. The first-order valence-corrected chi connectivity index (χ1v) is 10.5. The number of carbonyl (C=O) groups is 1. The van der Waals surface area contributed by atoms with E-state index < -0.39 is 0 Å². The molecule has 26 heavy (non-hydrogen) atoms. The summed E-state index contributed by atoms with van der Waals surface area (Å²) in [7, 11) is 0. The maximum Gasteiger partial charge on any atom is 0.184 e. The first-order valence-electron chi connectivity index (χ1n) is 10.5. The van der Waals surface area contributed by atoms with E-state index in [1.54, 1.807) is 0 Å². The zero-order valence-corrected chi connectivity index (χ0v) is 16.2. The molecule has 0 saturated carbocycles. The third-order valence-electron chi connectivity index (χ3n) is 5.03. The van der Waals surface area contributed by atoms with Crippen molar-refractivity contribution in [1.82, 2.24) is 0 Å². The van der Waals surface area contributed by atoms with Crippen molar-refractivity contribution < 1.29 is 4.79 Å². The lowest BCUT2D eigenvalue weighted by Gasteiger charge is -2.11. The largest absolute Gasteiger partial charge is 0.289 e. The van der Waals surface area contributed by atoms with Gasteiger partial charge in [0.05, 0.1) is 0 Å². The van der Waals surface area contributed by atoms with Gasteiger partial charge in [-0.3, -0.25) is 4.79 Å². The molecule has 0 aromatic heterocycles. The second kappa shape index (κ2) is 13.3. The van der Waals surface area contributed by atoms with Gasteiger partial charge in [-0.2, -0.15) is 0 Å². The molecule has 0 atom stereocenters. The van der Waals surface area contributed by atoms with Gasteiger partial charge in [0.25, 0.3) is 0 Å². The summed E-state index contributed by atoms with van der Waals surface area (Å²) in [6.07, 6.45) is 34.7. The van der Waals surface area contributed by atoms with E-state index in [4.69, 9.17) is 0 Å². The van der Waals surface area contributed by atoms with Crippen LogP contribution < -0.4 is 0 Å². The first-order chi connectivity index (χ1) is 12.9. The van der Waals surface area contributed by atoms with Crippen molar-refractivity contribution in [2.24, 2.45) is 0 Å². The van der Waals surface area contributed by atoms with E-state index in [1.165, 1.54) is 38.5 Å². The highest BCUT2D eigenvalue weighted by atomic mass is 16.1. The summed E-state index contributed by atoms with van der Waals surface area (Å²) < 4.78 is 0. The van der Waals surface area contributed by atoms with Gasteiger partial charge in [0.1, 0.15) is 0 Å². The van der Waals surface area contributed by atoms with Crippen LogP contribution in [0.15, 0.2) is 71.9 Å². The Kier molecular flexibility index (Phi) is 10.5. The van der Waals surface area contributed by atoms with Crippen molar-refractivity contribution in [2.45, 2.75) is 77.0 Å². The maximum atomic E-state index is 13.1. The summed E-state index contributed by atoms with van der Waals surface area (Å²) in [4.78, 5) is 13.1. The second-order valence-electron chi connectivity index (χ2n) is 7.24. The number of hydrogen-bond donors (Lipinski definition) is 0. The fraction of sp³-hybridized carbons (Fsp3) is 0.480. The van der Waals surface area contributed by atoms with Crippen molar-refractivity contribution in [3.05, 3.63) is 71.9 Å². The summed E-state index contributed by atoms with van der Waals surface area (Å²) in [6.45, 7) is 0. The molecule has 2 aliphatic carbocycles. The molecule has 0 saturated heterocycles. The highest BCUT2D eigenvalue weighted by molar-refractivity contribution is 6.08. The normalized spacial score (nSPS) is 29.7. The molecule has 0 bridgehead atoms. The van der Waals surface area contributed by atoms with Gasteiger partial charge in [-0.1, -0.05) is 86.4 Å². The Morgan fingerprint density at radius 1 is 0.538 bits per heavy atom. The second-order valence-corrected chi connectivity index (χ2v) is 7.24. The molecule has 2 aliphatic rings. The fourth-order valence-electron chi connectivity index (χ4n) is 3.44. The average molecular weight is 351 g/mol. The molecule has 0 aromatic rings. The van der Waals surface area contributed by atoms with Crippen LogP contribution in [0.4, 0.5) is 0 Å². The molecular formula is C25H34O. The van der Waals surface area contributed by atoms with E-state index in [-0.39, 0.29) is 5.78 Å². The Hall–Kier alpha value is -1.89. The van der Waals surface area contributed by atoms with Gasteiger partial charge in [-0.25, -0.2) is 0 Å². The molecule has 0 aromatic carbocycles. The minimum atomic E-state index is 0.251. The molecular weight excluding hydrogens is 316 g/mol. The van der Waals surface area contributed by atoms with E-state index in [2.05, 4.69) is 36.5 Å². The van der Waals surface area contributed by atoms with Crippen LogP contribution in [-0.2, 0) is 4.79 Å². The van der Waals surface area contributed by atoms with Gasteiger partial charge in [0, 0.05) is 0 Å². The van der Waals surface area contributed by atoms with E-state index in [9.17, 15) is 4.79 Å². The lowest BCUT2D eigenvalue weighted by atomic mass is 9.93. The van der Waals surface area contributed by atoms with Crippen LogP contribution in [0.5, 0.6) is 0 Å². The molecule has 140 valence electrons. The molecule has 0 N–H and O–H groups in total. The highest BCUT2D eigenvalue weighted by Gasteiger charge is 2.14. The number of hydrogen-bond acceptors (Lipinski definition) is 1. The lowest BCUT2D eigenvalue weighted by Crippen LogP contribution is -2.07. The van der Waals surface area contributed by atoms with E-state index in [0.717, 1.165) is 49.7 Å². The molecule has 2 rings (SSSR count). The third kappa shape index (κ3) is 8.47. The van der Waals surface area contributed by atoms with Crippen LogP contribution in [0.25, 0.3) is 0 Å². The number of carbonyl (C=O) groups excluding carboxylic acids is 1. The Labute approximate surface area is 160 Å². The van der Waals surface area contributed by atoms with Gasteiger partial charge in [0.2, 0.25) is 0 Å². The van der Waals surface area contributed by atoms with Crippen molar-refractivity contribution in [3.63, 3.8) is 0 Å².